The molecule has 1 aromatic heterocycles. The van der Waals surface area contributed by atoms with E-state index in [0.717, 1.165) is 0 Å². The van der Waals surface area contributed by atoms with Gasteiger partial charge in [0.05, 0.1) is 9.20 Å². The van der Waals surface area contributed by atoms with Gasteiger partial charge in [-0.15, -0.1) is 11.3 Å². The van der Waals surface area contributed by atoms with Crippen molar-refractivity contribution in [3.63, 3.8) is 0 Å². The summed E-state index contributed by atoms with van der Waals surface area (Å²) in [7, 11) is 0. The molecule has 2 rings (SSSR count). The average Bonchev–Trinajstić information content (AvgIpc) is 2.66. The molecule has 5 nitrogen and oxygen atoms in total. The maximum absolute atomic E-state index is 11.6. The Morgan fingerprint density at radius 1 is 1.55 bits per heavy atom. The molecule has 0 bridgehead atoms. The molecule has 0 spiro atoms. The molecule has 0 unspecified atom stereocenters. The quantitative estimate of drug-likeness (QED) is 0.875. The molecule has 0 fully saturated rings. The summed E-state index contributed by atoms with van der Waals surface area (Å²) in [6.07, 6.45) is 1.58. The van der Waals surface area contributed by atoms with E-state index >= 15 is 0 Å². The topological polar surface area (TPSA) is 79.4 Å². The molecule has 0 atom stereocenters. The highest BCUT2D eigenvalue weighted by Crippen LogP contribution is 2.23. The summed E-state index contributed by atoms with van der Waals surface area (Å²) >= 11 is 7.10. The molecule has 7 heteroatoms. The molecular formula is C13H10ClNO4S. The number of carboxylic acid groups (broad SMARTS) is 1. The Hall–Kier alpha value is -2.05. The van der Waals surface area contributed by atoms with Gasteiger partial charge in [-0.1, -0.05) is 18.2 Å². The molecule has 0 radical (unpaired) electrons. The average molecular weight is 312 g/mol. The van der Waals surface area contributed by atoms with Gasteiger partial charge in [0, 0.05) is 10.6 Å². The normalized spacial score (nSPS) is 11.6. The van der Waals surface area contributed by atoms with Crippen molar-refractivity contribution in [3.05, 3.63) is 48.3 Å². The van der Waals surface area contributed by atoms with Crippen LogP contribution in [0.15, 0.2) is 23.0 Å². The van der Waals surface area contributed by atoms with E-state index in [4.69, 9.17) is 21.4 Å². The van der Waals surface area contributed by atoms with Gasteiger partial charge in [0.25, 0.3) is 5.56 Å². The summed E-state index contributed by atoms with van der Waals surface area (Å²) in [5.41, 5.74) is 0.273. The number of aliphatic carboxylic acids is 1. The van der Waals surface area contributed by atoms with Gasteiger partial charge in [-0.05, 0) is 24.3 Å². The molecule has 0 saturated carbocycles. The van der Waals surface area contributed by atoms with Crippen molar-refractivity contribution in [2.45, 2.75) is 0 Å². The number of carbonyl (C=O) groups is 1. The molecule has 0 aliphatic heterocycles. The van der Waals surface area contributed by atoms with E-state index in [1.807, 2.05) is 0 Å². The first-order valence-electron chi connectivity index (χ1n) is 5.49. The smallest absolute Gasteiger partial charge is 0.341 e. The van der Waals surface area contributed by atoms with Crippen molar-refractivity contribution in [2.24, 2.45) is 0 Å². The van der Waals surface area contributed by atoms with Crippen molar-refractivity contribution in [2.75, 3.05) is 6.61 Å². The van der Waals surface area contributed by atoms with Crippen LogP contribution in [-0.2, 0) is 4.79 Å². The Bertz CT molecular complexity index is 809. The summed E-state index contributed by atoms with van der Waals surface area (Å²) in [6.45, 7) is 3.18. The number of hydrogen-bond donors (Lipinski definition) is 2. The standard InChI is InChI=1S/C13H10ClNO4S/c1-7-15-13(18)11(20-7)5-8-4-9(14)2-3-10(8)19-6-12(16)17/h2-5H,1,6H2,(H,15,18)(H,16,17)/b11-5-. The lowest BCUT2D eigenvalue weighted by Crippen LogP contribution is -2.19. The number of nitrogens with one attached hydrogen (secondary N) is 1. The molecular weight excluding hydrogens is 302 g/mol. The Labute approximate surface area is 122 Å². The lowest BCUT2D eigenvalue weighted by atomic mass is 10.2. The molecule has 1 aromatic carbocycles. The predicted octanol–water partition coefficient (Wildman–Crippen LogP) is 0.792. The van der Waals surface area contributed by atoms with Crippen molar-refractivity contribution >= 4 is 41.6 Å². The largest absolute Gasteiger partial charge is 0.481 e. The van der Waals surface area contributed by atoms with Gasteiger partial charge in [0.15, 0.2) is 6.61 Å². The summed E-state index contributed by atoms with van der Waals surface area (Å²) in [4.78, 5) is 24.7. The minimum absolute atomic E-state index is 0.260. The summed E-state index contributed by atoms with van der Waals surface area (Å²) in [6, 6.07) is 4.74. The van der Waals surface area contributed by atoms with Crippen molar-refractivity contribution in [1.29, 1.82) is 0 Å². The van der Waals surface area contributed by atoms with E-state index in [1.54, 1.807) is 24.3 Å². The second-order valence-electron chi connectivity index (χ2n) is 3.85. The van der Waals surface area contributed by atoms with Crippen LogP contribution in [0, 0.1) is 0 Å². The second kappa shape index (κ2) is 5.94. The van der Waals surface area contributed by atoms with E-state index < -0.39 is 12.6 Å². The number of benzene rings is 1. The van der Waals surface area contributed by atoms with Crippen LogP contribution >= 0.6 is 22.9 Å². The molecule has 2 N–H and O–H groups in total. The van der Waals surface area contributed by atoms with Crippen LogP contribution in [0.3, 0.4) is 0 Å². The number of carboxylic acids is 1. The van der Waals surface area contributed by atoms with Crippen LogP contribution in [0.4, 0.5) is 0 Å². The van der Waals surface area contributed by atoms with Gasteiger partial charge < -0.3 is 14.8 Å². The number of hydrogen-bond acceptors (Lipinski definition) is 4. The zero-order chi connectivity index (χ0) is 14.7. The second-order valence-corrected chi connectivity index (χ2v) is 5.43. The molecule has 1 heterocycles. The minimum Gasteiger partial charge on any atom is -0.481 e. The summed E-state index contributed by atoms with van der Waals surface area (Å²) < 4.78 is 6.14. The molecule has 0 aliphatic carbocycles. The van der Waals surface area contributed by atoms with E-state index in [-0.39, 0.29) is 5.56 Å². The number of aromatic nitrogens is 1. The number of H-pyrrole nitrogens is 1. The van der Waals surface area contributed by atoms with Gasteiger partial charge in [-0.3, -0.25) is 4.79 Å². The third kappa shape index (κ3) is 3.49. The highest BCUT2D eigenvalue weighted by molar-refractivity contribution is 7.07. The first kappa shape index (κ1) is 14.4. The summed E-state index contributed by atoms with van der Waals surface area (Å²) in [5.74, 6) is -0.741. The van der Waals surface area contributed by atoms with E-state index in [0.29, 0.717) is 25.5 Å². The fourth-order valence-electron chi connectivity index (χ4n) is 1.53. The van der Waals surface area contributed by atoms with Crippen LogP contribution in [0.25, 0.3) is 12.7 Å². The summed E-state index contributed by atoms with van der Waals surface area (Å²) in [5, 5.41) is 9.09. The minimum atomic E-state index is -1.08. The van der Waals surface area contributed by atoms with Crippen molar-refractivity contribution in [1.82, 2.24) is 4.98 Å². The number of rotatable bonds is 4. The van der Waals surface area contributed by atoms with E-state index in [2.05, 4.69) is 11.6 Å². The van der Waals surface area contributed by atoms with Crippen LogP contribution in [0.1, 0.15) is 5.56 Å². The van der Waals surface area contributed by atoms with Crippen LogP contribution < -0.4 is 19.5 Å². The fourth-order valence-corrected chi connectivity index (χ4v) is 2.45. The Balaban J connectivity index is 2.49. The van der Waals surface area contributed by atoms with E-state index in [9.17, 15) is 9.59 Å². The Morgan fingerprint density at radius 2 is 2.30 bits per heavy atom. The third-order valence-corrected chi connectivity index (χ3v) is 3.43. The first-order valence-corrected chi connectivity index (χ1v) is 6.69. The molecule has 20 heavy (non-hydrogen) atoms. The highest BCUT2D eigenvalue weighted by Gasteiger charge is 2.06. The van der Waals surface area contributed by atoms with Gasteiger partial charge in [0.2, 0.25) is 0 Å². The lowest BCUT2D eigenvalue weighted by molar-refractivity contribution is -0.139. The van der Waals surface area contributed by atoms with Crippen LogP contribution in [0.2, 0.25) is 5.02 Å². The van der Waals surface area contributed by atoms with Crippen molar-refractivity contribution < 1.29 is 14.6 Å². The van der Waals surface area contributed by atoms with Gasteiger partial charge in [0.1, 0.15) is 5.75 Å². The molecule has 0 amide bonds. The molecule has 104 valence electrons. The lowest BCUT2D eigenvalue weighted by Gasteiger charge is -2.07. The monoisotopic (exact) mass is 311 g/mol. The SMILES string of the molecule is C=c1[nH]c(=O)/c(=C/c2cc(Cl)ccc2OCC(=O)O)s1. The fraction of sp³-hybridized carbons (Fsp3) is 0.0769. The maximum atomic E-state index is 11.6. The number of aromatic amines is 1. The van der Waals surface area contributed by atoms with Gasteiger partial charge in [-0.25, -0.2) is 4.79 Å². The van der Waals surface area contributed by atoms with Gasteiger partial charge >= 0.3 is 5.97 Å². The van der Waals surface area contributed by atoms with Crippen molar-refractivity contribution in [3.8, 4) is 5.75 Å². The predicted molar refractivity (Wildman–Crippen MR) is 77.9 cm³/mol. The number of thiazole rings is 1. The molecule has 0 saturated heterocycles. The van der Waals surface area contributed by atoms with Crippen LogP contribution in [-0.4, -0.2) is 22.7 Å². The zero-order valence-electron chi connectivity index (χ0n) is 10.2. The Kier molecular flexibility index (Phi) is 4.26. The first-order chi connectivity index (χ1) is 9.45. The number of halogens is 1. The third-order valence-electron chi connectivity index (χ3n) is 2.32. The maximum Gasteiger partial charge on any atom is 0.341 e. The number of ether oxygens (including phenoxy) is 1. The Morgan fingerprint density at radius 3 is 2.90 bits per heavy atom. The van der Waals surface area contributed by atoms with Gasteiger partial charge in [-0.2, -0.15) is 0 Å². The zero-order valence-corrected chi connectivity index (χ0v) is 11.8. The molecule has 0 aliphatic rings. The molecule has 2 aromatic rings. The highest BCUT2D eigenvalue weighted by atomic mass is 35.5. The van der Waals surface area contributed by atoms with E-state index in [1.165, 1.54) is 11.3 Å². The van der Waals surface area contributed by atoms with Crippen LogP contribution in [0.5, 0.6) is 5.75 Å².